The molecule has 0 aliphatic carbocycles. The van der Waals surface area contributed by atoms with Crippen LogP contribution in [0.4, 0.5) is 0 Å². The summed E-state index contributed by atoms with van der Waals surface area (Å²) in [5.74, 6) is -0.112. The van der Waals surface area contributed by atoms with Crippen LogP contribution in [0.2, 0.25) is 0 Å². The summed E-state index contributed by atoms with van der Waals surface area (Å²) in [5.41, 5.74) is 0.709. The second-order valence-corrected chi connectivity index (χ2v) is 7.22. The molecule has 2 aromatic carbocycles. The average Bonchev–Trinajstić information content (AvgIpc) is 2.74. The number of hydrogen-bond acceptors (Lipinski definition) is 10. The van der Waals surface area contributed by atoms with Crippen molar-refractivity contribution < 1.29 is 49.6 Å². The number of fused-ring (bicyclic) bond motifs is 1. The summed E-state index contributed by atoms with van der Waals surface area (Å²) in [5, 5.41) is 59.8. The van der Waals surface area contributed by atoms with E-state index in [1.54, 1.807) is 6.07 Å². The van der Waals surface area contributed by atoms with Crippen LogP contribution in [-0.4, -0.2) is 69.0 Å². The molecule has 0 saturated carbocycles. The minimum absolute atomic E-state index is 0.0904. The number of aliphatic hydroxyl groups excluding tert-OH is 3. The molecule has 0 aromatic heterocycles. The van der Waals surface area contributed by atoms with Crippen molar-refractivity contribution in [1.82, 2.24) is 0 Å². The minimum atomic E-state index is -1.55. The van der Waals surface area contributed by atoms with Crippen molar-refractivity contribution in [2.24, 2.45) is 0 Å². The zero-order valence-electron chi connectivity index (χ0n) is 16.4. The Hall–Kier alpha value is -3.18. The highest BCUT2D eigenvalue weighted by molar-refractivity contribution is 5.69. The van der Waals surface area contributed by atoms with E-state index >= 15 is 0 Å². The van der Waals surface area contributed by atoms with E-state index in [0.29, 0.717) is 5.56 Å². The smallest absolute Gasteiger partial charge is 0.228 e. The second kappa shape index (κ2) is 8.16. The van der Waals surface area contributed by atoms with Gasteiger partial charge in [-0.05, 0) is 18.2 Å². The lowest BCUT2D eigenvalue weighted by Gasteiger charge is -2.37. The monoisotopic (exact) mass is 434 g/mol. The average molecular weight is 434 g/mol. The van der Waals surface area contributed by atoms with Gasteiger partial charge in [-0.15, -0.1) is 0 Å². The van der Waals surface area contributed by atoms with Crippen LogP contribution < -0.4 is 9.47 Å². The Balaban J connectivity index is 1.74. The summed E-state index contributed by atoms with van der Waals surface area (Å²) in [6, 6.07) is 6.92. The fourth-order valence-electron chi connectivity index (χ4n) is 3.45. The normalized spacial score (nSPS) is 27.6. The van der Waals surface area contributed by atoms with Gasteiger partial charge in [0.15, 0.2) is 17.6 Å². The molecule has 2 aromatic rings. The lowest BCUT2D eigenvalue weighted by molar-refractivity contribution is -0.261. The zero-order valence-corrected chi connectivity index (χ0v) is 16.4. The Labute approximate surface area is 176 Å². The van der Waals surface area contributed by atoms with Crippen molar-refractivity contribution in [3.63, 3.8) is 0 Å². The second-order valence-electron chi connectivity index (χ2n) is 7.22. The van der Waals surface area contributed by atoms with Crippen molar-refractivity contribution in [1.29, 1.82) is 0 Å². The van der Waals surface area contributed by atoms with E-state index in [1.165, 1.54) is 31.4 Å². The Morgan fingerprint density at radius 3 is 2.48 bits per heavy atom. The minimum Gasteiger partial charge on any atom is -0.508 e. The summed E-state index contributed by atoms with van der Waals surface area (Å²) in [4.78, 5) is 0. The van der Waals surface area contributed by atoms with Crippen LogP contribution in [0.5, 0.6) is 28.7 Å². The van der Waals surface area contributed by atoms with Crippen LogP contribution in [0.25, 0.3) is 6.08 Å². The lowest BCUT2D eigenvalue weighted by Crippen LogP contribution is -2.53. The van der Waals surface area contributed by atoms with Gasteiger partial charge in [-0.1, -0.05) is 6.07 Å². The van der Waals surface area contributed by atoms with Crippen molar-refractivity contribution in [3.8, 4) is 28.7 Å². The Bertz CT molecular complexity index is 1000. The van der Waals surface area contributed by atoms with E-state index < -0.39 is 30.7 Å². The molecule has 166 valence electrons. The van der Waals surface area contributed by atoms with Gasteiger partial charge in [0.25, 0.3) is 0 Å². The molecule has 0 amide bonds. The van der Waals surface area contributed by atoms with Gasteiger partial charge in [0.1, 0.15) is 41.3 Å². The Morgan fingerprint density at radius 1 is 0.968 bits per heavy atom. The molecule has 1 fully saturated rings. The number of ether oxygens (including phenoxy) is 4. The highest BCUT2D eigenvalue weighted by atomic mass is 16.7. The van der Waals surface area contributed by atoms with E-state index in [9.17, 15) is 30.6 Å². The van der Waals surface area contributed by atoms with Crippen LogP contribution in [0.1, 0.15) is 17.2 Å². The molecule has 2 heterocycles. The predicted molar refractivity (Wildman–Crippen MR) is 105 cm³/mol. The van der Waals surface area contributed by atoms with Gasteiger partial charge < -0.3 is 49.6 Å². The number of aliphatic hydroxyl groups is 3. The number of phenols is 3. The van der Waals surface area contributed by atoms with Crippen LogP contribution in [0.15, 0.2) is 36.1 Å². The molecular formula is C21H22O10. The van der Waals surface area contributed by atoms with Crippen molar-refractivity contribution in [2.45, 2.75) is 30.7 Å². The van der Waals surface area contributed by atoms with Gasteiger partial charge in [0, 0.05) is 17.7 Å². The third-order valence-electron chi connectivity index (χ3n) is 5.11. The first-order chi connectivity index (χ1) is 14.8. The van der Waals surface area contributed by atoms with Crippen molar-refractivity contribution >= 4 is 6.08 Å². The number of hydrogen-bond donors (Lipinski definition) is 6. The molecule has 1 unspecified atom stereocenters. The summed E-state index contributed by atoms with van der Waals surface area (Å²) < 4.78 is 22.2. The van der Waals surface area contributed by atoms with Crippen LogP contribution in [-0.2, 0) is 9.47 Å². The highest BCUT2D eigenvalue weighted by Gasteiger charge is 2.41. The summed E-state index contributed by atoms with van der Waals surface area (Å²) in [6.45, 7) is -0.259. The van der Waals surface area contributed by atoms with E-state index in [2.05, 4.69) is 0 Å². The van der Waals surface area contributed by atoms with Crippen LogP contribution in [0.3, 0.4) is 0 Å². The molecule has 10 heteroatoms. The topological polar surface area (TPSA) is 158 Å². The van der Waals surface area contributed by atoms with E-state index in [1.807, 2.05) is 0 Å². The van der Waals surface area contributed by atoms with Crippen molar-refractivity contribution in [3.05, 3.63) is 47.2 Å². The molecule has 31 heavy (non-hydrogen) atoms. The maximum absolute atomic E-state index is 10.2. The fourth-order valence-corrected chi connectivity index (χ4v) is 3.45. The largest absolute Gasteiger partial charge is 0.508 e. The maximum Gasteiger partial charge on any atom is 0.228 e. The quantitative estimate of drug-likeness (QED) is 0.405. The molecule has 1 saturated heterocycles. The number of methoxy groups -OCH3 is 1. The van der Waals surface area contributed by atoms with Gasteiger partial charge in [0.05, 0.1) is 19.3 Å². The van der Waals surface area contributed by atoms with Gasteiger partial charge in [-0.25, -0.2) is 0 Å². The van der Waals surface area contributed by atoms with Crippen molar-refractivity contribution in [2.75, 3.05) is 13.7 Å². The van der Waals surface area contributed by atoms with E-state index in [4.69, 9.17) is 18.9 Å². The first-order valence-corrected chi connectivity index (χ1v) is 9.42. The molecule has 4 rings (SSSR count). The molecule has 5 atom stereocenters. The van der Waals surface area contributed by atoms with E-state index in [0.717, 1.165) is 6.07 Å². The highest BCUT2D eigenvalue weighted by Crippen LogP contribution is 2.45. The van der Waals surface area contributed by atoms with Gasteiger partial charge >= 0.3 is 0 Å². The first-order valence-electron chi connectivity index (χ1n) is 9.42. The standard InChI is InChI=1S/C21H22O10/c1-28-16-4-9(2-3-12(16)23)20-17(31-21-19(27)18(26)14(25)8-29-21)7-11-13(24)5-10(22)6-15(11)30-20/h2-7,14,18-27H,8H2,1H3/t14-,18+,19-,20?,21+/m1/s1. The summed E-state index contributed by atoms with van der Waals surface area (Å²) in [7, 11) is 1.39. The molecule has 0 bridgehead atoms. The molecule has 10 nitrogen and oxygen atoms in total. The van der Waals surface area contributed by atoms with Gasteiger partial charge in [-0.2, -0.15) is 0 Å². The number of benzene rings is 2. The predicted octanol–water partition coefficient (Wildman–Crippen LogP) is 0.742. The fraction of sp³-hybridized carbons (Fsp3) is 0.333. The molecular weight excluding hydrogens is 412 g/mol. The summed E-state index contributed by atoms with van der Waals surface area (Å²) >= 11 is 0. The molecule has 6 N–H and O–H groups in total. The van der Waals surface area contributed by atoms with E-state index in [-0.39, 0.29) is 46.7 Å². The summed E-state index contributed by atoms with van der Waals surface area (Å²) in [6.07, 6.45) is -5.11. The number of phenolic OH excluding ortho intramolecular Hbond substituents is 3. The third-order valence-corrected chi connectivity index (χ3v) is 5.11. The molecule has 0 spiro atoms. The Morgan fingerprint density at radius 2 is 1.74 bits per heavy atom. The van der Waals surface area contributed by atoms with Gasteiger partial charge in [0.2, 0.25) is 6.29 Å². The lowest BCUT2D eigenvalue weighted by atomic mass is 10.0. The maximum atomic E-state index is 10.2. The zero-order chi connectivity index (χ0) is 22.3. The van der Waals surface area contributed by atoms with Crippen LogP contribution >= 0.6 is 0 Å². The van der Waals surface area contributed by atoms with Crippen LogP contribution in [0, 0.1) is 0 Å². The van der Waals surface area contributed by atoms with Gasteiger partial charge in [-0.3, -0.25) is 0 Å². The first kappa shape index (κ1) is 21.1. The SMILES string of the molecule is COc1cc(C2Oc3cc(O)cc(O)c3C=C2O[C@@H]2OC[C@@H](O)[C@H](O)[C@H]2O)ccc1O. The molecule has 0 radical (unpaired) electrons. The molecule has 2 aliphatic rings. The number of rotatable bonds is 4. The number of aromatic hydroxyl groups is 3. The third kappa shape index (κ3) is 3.93. The molecule has 2 aliphatic heterocycles. The Kier molecular flexibility index (Phi) is 5.54.